The second-order valence-corrected chi connectivity index (χ2v) is 5.19. The van der Waals surface area contributed by atoms with Gasteiger partial charge in [0.15, 0.2) is 0 Å². The molecule has 1 N–H and O–H groups in total. The predicted molar refractivity (Wildman–Crippen MR) is 55.9 cm³/mol. The molecule has 0 spiro atoms. The molecule has 2 aromatic rings. The Morgan fingerprint density at radius 3 is 2.83 bits per heavy atom. The predicted octanol–water partition coefficient (Wildman–Crippen LogP) is 3.68. The first-order chi connectivity index (χ1) is 5.66. The third kappa shape index (κ3) is 1.23. The van der Waals surface area contributed by atoms with Crippen LogP contribution in [-0.2, 0) is 0 Å². The standard InChI is InChI=1S/C9H7BrOS/c1-5-2-6-3-9(10)12-8(6)4-7(5)11/h2-4,11H,1H3. The molecular formula is C9H7BrOS. The first kappa shape index (κ1) is 8.08. The van der Waals surface area contributed by atoms with Crippen LogP contribution in [0.5, 0.6) is 5.75 Å². The van der Waals surface area contributed by atoms with Gasteiger partial charge < -0.3 is 5.11 Å². The number of aryl methyl sites for hydroxylation is 1. The summed E-state index contributed by atoms with van der Waals surface area (Å²) in [5.74, 6) is 0.372. The zero-order valence-corrected chi connectivity index (χ0v) is 8.87. The van der Waals surface area contributed by atoms with E-state index in [0.29, 0.717) is 5.75 Å². The molecule has 0 aliphatic carbocycles. The van der Waals surface area contributed by atoms with Crippen molar-refractivity contribution < 1.29 is 5.11 Å². The third-order valence-corrected chi connectivity index (χ3v) is 3.41. The summed E-state index contributed by atoms with van der Waals surface area (Å²) < 4.78 is 2.22. The second kappa shape index (κ2) is 2.75. The lowest BCUT2D eigenvalue weighted by atomic mass is 10.2. The van der Waals surface area contributed by atoms with Crippen LogP contribution in [0, 0.1) is 6.92 Å². The SMILES string of the molecule is Cc1cc2cc(Br)sc2cc1O. The summed E-state index contributed by atoms with van der Waals surface area (Å²) in [6.45, 7) is 1.90. The summed E-state index contributed by atoms with van der Waals surface area (Å²) in [4.78, 5) is 0. The molecule has 1 nitrogen and oxygen atoms in total. The Hall–Kier alpha value is -0.540. The fourth-order valence-corrected chi connectivity index (χ4v) is 2.73. The highest BCUT2D eigenvalue weighted by atomic mass is 79.9. The normalized spacial score (nSPS) is 10.8. The topological polar surface area (TPSA) is 20.2 Å². The van der Waals surface area contributed by atoms with Crippen LogP contribution >= 0.6 is 27.3 Å². The van der Waals surface area contributed by atoms with Crippen molar-refractivity contribution in [2.75, 3.05) is 0 Å². The number of phenolic OH excluding ortho intramolecular Hbond substituents is 1. The van der Waals surface area contributed by atoms with Crippen molar-refractivity contribution in [1.82, 2.24) is 0 Å². The van der Waals surface area contributed by atoms with Gasteiger partial charge in [-0.25, -0.2) is 0 Å². The first-order valence-electron chi connectivity index (χ1n) is 3.55. The molecule has 0 aliphatic rings. The van der Waals surface area contributed by atoms with Gasteiger partial charge in [-0.2, -0.15) is 0 Å². The Morgan fingerprint density at radius 1 is 1.33 bits per heavy atom. The summed E-state index contributed by atoms with van der Waals surface area (Å²) in [6.07, 6.45) is 0. The van der Waals surface area contributed by atoms with Crippen molar-refractivity contribution in [2.24, 2.45) is 0 Å². The number of thiophene rings is 1. The van der Waals surface area contributed by atoms with Crippen molar-refractivity contribution in [3.63, 3.8) is 0 Å². The van der Waals surface area contributed by atoms with Crippen LogP contribution in [0.2, 0.25) is 0 Å². The number of halogens is 1. The average molecular weight is 243 g/mol. The molecule has 12 heavy (non-hydrogen) atoms. The number of hydrogen-bond acceptors (Lipinski definition) is 2. The zero-order chi connectivity index (χ0) is 8.72. The highest BCUT2D eigenvalue weighted by molar-refractivity contribution is 9.11. The molecule has 62 valence electrons. The van der Waals surface area contributed by atoms with Crippen molar-refractivity contribution >= 4 is 37.4 Å². The van der Waals surface area contributed by atoms with E-state index in [1.54, 1.807) is 17.4 Å². The van der Waals surface area contributed by atoms with Crippen molar-refractivity contribution in [3.05, 3.63) is 27.5 Å². The minimum Gasteiger partial charge on any atom is -0.508 e. The number of fused-ring (bicyclic) bond motifs is 1. The minimum absolute atomic E-state index is 0.372. The fraction of sp³-hybridized carbons (Fsp3) is 0.111. The second-order valence-electron chi connectivity index (χ2n) is 2.73. The molecule has 0 saturated heterocycles. The van der Waals surface area contributed by atoms with E-state index in [1.807, 2.05) is 13.0 Å². The van der Waals surface area contributed by atoms with E-state index in [-0.39, 0.29) is 0 Å². The van der Waals surface area contributed by atoms with Gasteiger partial charge in [-0.15, -0.1) is 11.3 Å². The number of aromatic hydroxyl groups is 1. The van der Waals surface area contributed by atoms with Crippen LogP contribution in [0.3, 0.4) is 0 Å². The summed E-state index contributed by atoms with van der Waals surface area (Å²) in [7, 11) is 0. The van der Waals surface area contributed by atoms with Crippen molar-refractivity contribution in [1.29, 1.82) is 0 Å². The summed E-state index contributed by atoms with van der Waals surface area (Å²) >= 11 is 5.04. The molecule has 1 heterocycles. The largest absolute Gasteiger partial charge is 0.508 e. The lowest BCUT2D eigenvalue weighted by Crippen LogP contribution is -1.72. The summed E-state index contributed by atoms with van der Waals surface area (Å²) in [5, 5.41) is 10.6. The maximum absolute atomic E-state index is 9.42. The van der Waals surface area contributed by atoms with E-state index >= 15 is 0 Å². The molecule has 0 fully saturated rings. The Balaban J connectivity index is 2.83. The molecule has 3 heteroatoms. The molecule has 0 unspecified atom stereocenters. The van der Waals surface area contributed by atoms with E-state index in [2.05, 4.69) is 22.0 Å². The van der Waals surface area contributed by atoms with Gasteiger partial charge in [0.1, 0.15) is 5.75 Å². The van der Waals surface area contributed by atoms with Crippen molar-refractivity contribution in [2.45, 2.75) is 6.92 Å². The molecule has 1 aromatic carbocycles. The quantitative estimate of drug-likeness (QED) is 0.748. The summed E-state index contributed by atoms with van der Waals surface area (Å²) in [6, 6.07) is 5.86. The smallest absolute Gasteiger partial charge is 0.119 e. The van der Waals surface area contributed by atoms with Gasteiger partial charge in [0, 0.05) is 4.70 Å². The van der Waals surface area contributed by atoms with Gasteiger partial charge in [0.2, 0.25) is 0 Å². The van der Waals surface area contributed by atoms with Gasteiger partial charge in [-0.1, -0.05) is 0 Å². The van der Waals surface area contributed by atoms with Crippen LogP contribution in [0.15, 0.2) is 22.0 Å². The summed E-state index contributed by atoms with van der Waals surface area (Å²) in [5.41, 5.74) is 0.924. The van der Waals surface area contributed by atoms with Gasteiger partial charge in [0.05, 0.1) is 3.79 Å². The Kier molecular flexibility index (Phi) is 1.85. The first-order valence-corrected chi connectivity index (χ1v) is 5.16. The maximum Gasteiger partial charge on any atom is 0.119 e. The van der Waals surface area contributed by atoms with E-state index in [9.17, 15) is 5.11 Å². The molecule has 1 aromatic heterocycles. The Morgan fingerprint density at radius 2 is 2.08 bits per heavy atom. The van der Waals surface area contributed by atoms with Gasteiger partial charge >= 0.3 is 0 Å². The molecule has 0 amide bonds. The molecule has 0 bridgehead atoms. The van der Waals surface area contributed by atoms with Crippen molar-refractivity contribution in [3.8, 4) is 5.75 Å². The lowest BCUT2D eigenvalue weighted by Gasteiger charge is -1.96. The number of phenols is 1. The van der Waals surface area contributed by atoms with Crippen LogP contribution in [0.25, 0.3) is 10.1 Å². The zero-order valence-electron chi connectivity index (χ0n) is 6.47. The van der Waals surface area contributed by atoms with Gasteiger partial charge in [-0.05, 0) is 52.0 Å². The highest BCUT2D eigenvalue weighted by Gasteiger charge is 2.02. The molecular weight excluding hydrogens is 236 g/mol. The van der Waals surface area contributed by atoms with Crippen LogP contribution < -0.4 is 0 Å². The average Bonchev–Trinajstić information content (AvgIpc) is 2.30. The minimum atomic E-state index is 0.372. The van der Waals surface area contributed by atoms with Crippen LogP contribution in [0.4, 0.5) is 0 Å². The van der Waals surface area contributed by atoms with E-state index in [0.717, 1.165) is 14.0 Å². The van der Waals surface area contributed by atoms with E-state index in [4.69, 9.17) is 0 Å². The highest BCUT2D eigenvalue weighted by Crippen LogP contribution is 2.33. The molecule has 0 atom stereocenters. The van der Waals surface area contributed by atoms with E-state index in [1.165, 1.54) is 5.39 Å². The number of hydrogen-bond donors (Lipinski definition) is 1. The van der Waals surface area contributed by atoms with Gasteiger partial charge in [0.25, 0.3) is 0 Å². The monoisotopic (exact) mass is 242 g/mol. The fourth-order valence-electron chi connectivity index (χ4n) is 1.16. The number of benzene rings is 1. The van der Waals surface area contributed by atoms with Gasteiger partial charge in [-0.3, -0.25) is 0 Å². The third-order valence-electron chi connectivity index (χ3n) is 1.80. The molecule has 0 saturated carbocycles. The number of rotatable bonds is 0. The lowest BCUT2D eigenvalue weighted by molar-refractivity contribution is 0.472. The van der Waals surface area contributed by atoms with Crippen LogP contribution in [0.1, 0.15) is 5.56 Å². The molecule has 2 rings (SSSR count). The van der Waals surface area contributed by atoms with Crippen LogP contribution in [-0.4, -0.2) is 5.11 Å². The maximum atomic E-state index is 9.42. The Labute approximate surface area is 82.8 Å². The Bertz CT molecular complexity index is 394. The molecule has 0 aliphatic heterocycles. The molecule has 0 radical (unpaired) electrons. The van der Waals surface area contributed by atoms with E-state index < -0.39 is 0 Å².